The van der Waals surface area contributed by atoms with Crippen molar-refractivity contribution in [2.24, 2.45) is 0 Å². The van der Waals surface area contributed by atoms with Crippen LogP contribution in [0, 0.1) is 0 Å². The summed E-state index contributed by atoms with van der Waals surface area (Å²) in [4.78, 5) is 0. The number of fused-ring (bicyclic) bond motifs is 14. The highest BCUT2D eigenvalue weighted by Crippen LogP contribution is 2.60. The van der Waals surface area contributed by atoms with E-state index in [0.717, 1.165) is 37.6 Å². The van der Waals surface area contributed by atoms with E-state index in [2.05, 4.69) is 62.4 Å². The Hall–Kier alpha value is -2.46. The zero-order chi connectivity index (χ0) is 33.6. The average molecular weight is 771 g/mol. The number of unbranched alkanes of at least 4 members (excludes halogenated alkanes) is 10. The Balaban J connectivity index is 1.23. The van der Waals surface area contributed by atoms with Gasteiger partial charge in [0.25, 0.3) is 0 Å². The molecule has 6 heterocycles. The number of benzene rings is 3. The minimum absolute atomic E-state index is 0.762. The maximum atomic E-state index is 7.05. The summed E-state index contributed by atoms with van der Waals surface area (Å²) < 4.78 is 30.7. The molecule has 2 nitrogen and oxygen atoms in total. The lowest BCUT2D eigenvalue weighted by molar-refractivity contribution is 0.307. The molecule has 0 radical (unpaired) electrons. The van der Waals surface area contributed by atoms with Crippen LogP contribution in [-0.2, 0) is 0 Å². The van der Waals surface area contributed by atoms with Gasteiger partial charge in [-0.2, -0.15) is 0 Å². The monoisotopic (exact) mass is 770 g/mol. The molecule has 0 N–H and O–H groups in total. The first-order valence-corrected chi connectivity index (χ1v) is 23.4. The number of ether oxygens (including phenoxy) is 2. The molecule has 0 aliphatic heterocycles. The normalized spacial score (nSPS) is 12.5. The molecule has 8 heteroatoms. The fraction of sp³-hybridized carbons (Fsp3) is 0.381. The van der Waals surface area contributed by atoms with E-state index in [1.165, 1.54) is 142 Å². The van der Waals surface area contributed by atoms with Crippen molar-refractivity contribution in [2.45, 2.75) is 90.9 Å². The quantitative estimate of drug-likeness (QED) is 0.0911. The number of thiophene rings is 6. The SMILES string of the molecule is CCCCCCCCOc1c2sc3c4sc5ccccc5c4sc3c2c(OCCCCCCCC)c2sc3c4sc5ccccc5c4sc3c12. The Bertz CT molecular complexity index is 2420. The third-order valence-electron chi connectivity index (χ3n) is 10.0. The van der Waals surface area contributed by atoms with Gasteiger partial charge in [-0.3, -0.25) is 0 Å². The van der Waals surface area contributed by atoms with Gasteiger partial charge >= 0.3 is 0 Å². The summed E-state index contributed by atoms with van der Waals surface area (Å²) in [6, 6.07) is 17.8. The molecule has 0 spiro atoms. The summed E-state index contributed by atoms with van der Waals surface area (Å²) in [5, 5.41) is 5.35. The summed E-state index contributed by atoms with van der Waals surface area (Å²) in [6.07, 6.45) is 15.1. The predicted octanol–water partition coefficient (Wildman–Crippen LogP) is 16.8. The van der Waals surface area contributed by atoms with Crippen molar-refractivity contribution in [2.75, 3.05) is 13.2 Å². The highest BCUT2D eigenvalue weighted by Gasteiger charge is 2.29. The summed E-state index contributed by atoms with van der Waals surface area (Å²) in [7, 11) is 0. The van der Waals surface area contributed by atoms with E-state index in [1.54, 1.807) is 0 Å². The second kappa shape index (κ2) is 14.5. The van der Waals surface area contributed by atoms with Crippen LogP contribution in [0.5, 0.6) is 11.5 Å². The van der Waals surface area contributed by atoms with E-state index < -0.39 is 0 Å². The molecular weight excluding hydrogens is 729 g/mol. The van der Waals surface area contributed by atoms with Crippen LogP contribution in [0.3, 0.4) is 0 Å². The molecule has 6 aromatic heterocycles. The Labute approximate surface area is 317 Å². The number of hydrogen-bond donors (Lipinski definition) is 0. The molecule has 0 aliphatic carbocycles. The largest absolute Gasteiger partial charge is 0.491 e. The van der Waals surface area contributed by atoms with E-state index in [-0.39, 0.29) is 0 Å². The first-order chi connectivity index (χ1) is 24.8. The summed E-state index contributed by atoms with van der Waals surface area (Å²) in [6.45, 7) is 6.10. The Morgan fingerprint density at radius 3 is 1.22 bits per heavy atom. The predicted molar refractivity (Wildman–Crippen MR) is 231 cm³/mol. The molecule has 0 bridgehead atoms. The van der Waals surface area contributed by atoms with Crippen molar-refractivity contribution in [1.29, 1.82) is 0 Å². The molecular formula is C42H42O2S6. The fourth-order valence-corrected chi connectivity index (χ4v) is 16.2. The average Bonchev–Trinajstić information content (AvgIpc) is 3.96. The van der Waals surface area contributed by atoms with Crippen molar-refractivity contribution in [1.82, 2.24) is 0 Å². The van der Waals surface area contributed by atoms with Gasteiger partial charge in [0.2, 0.25) is 0 Å². The maximum Gasteiger partial charge on any atom is 0.147 e. The lowest BCUT2D eigenvalue weighted by Gasteiger charge is -2.14. The van der Waals surface area contributed by atoms with Gasteiger partial charge in [0.15, 0.2) is 0 Å². The van der Waals surface area contributed by atoms with Gasteiger partial charge in [-0.1, -0.05) is 114 Å². The number of hydrogen-bond acceptors (Lipinski definition) is 8. The standard InChI is InChI=1S/C42H42O2S6/c1-3-5-7-9-11-17-23-43-31-29-36(50-41-37(29)47-33-25-19-13-15-21-27(25)45-39(33)41)32(44-24-18-12-10-8-6-4-2)30-35(31)49-42-38(30)48-34-26-20-14-16-22-28(26)46-40(34)42/h13-16,19-22H,3-12,17-18,23-24H2,1-2H3. The third-order valence-corrected chi connectivity index (χ3v) is 18.0. The molecule has 50 heavy (non-hydrogen) atoms. The van der Waals surface area contributed by atoms with E-state index in [4.69, 9.17) is 9.47 Å². The lowest BCUT2D eigenvalue weighted by Crippen LogP contribution is -2.01. The van der Waals surface area contributed by atoms with E-state index in [0.29, 0.717) is 0 Å². The van der Waals surface area contributed by atoms with Crippen LogP contribution in [0.1, 0.15) is 90.9 Å². The maximum absolute atomic E-state index is 7.05. The second-order valence-electron chi connectivity index (χ2n) is 13.5. The highest BCUT2D eigenvalue weighted by molar-refractivity contribution is 7.45. The van der Waals surface area contributed by atoms with Crippen molar-refractivity contribution >= 4 is 146 Å². The molecule has 0 aliphatic rings. The number of rotatable bonds is 16. The molecule has 0 saturated heterocycles. The zero-order valence-corrected chi connectivity index (χ0v) is 33.7. The van der Waals surface area contributed by atoms with E-state index in [1.807, 2.05) is 68.0 Å². The van der Waals surface area contributed by atoms with Crippen molar-refractivity contribution < 1.29 is 9.47 Å². The van der Waals surface area contributed by atoms with Crippen LogP contribution in [-0.4, -0.2) is 13.2 Å². The second-order valence-corrected chi connectivity index (χ2v) is 19.7. The molecule has 0 saturated carbocycles. The van der Waals surface area contributed by atoms with Gasteiger partial charge in [0, 0.05) is 20.2 Å². The van der Waals surface area contributed by atoms with Gasteiger partial charge in [0.1, 0.15) is 11.5 Å². The summed E-state index contributed by atoms with van der Waals surface area (Å²) in [5.41, 5.74) is 0. The first-order valence-electron chi connectivity index (χ1n) is 18.5. The zero-order valence-electron chi connectivity index (χ0n) is 28.8. The fourth-order valence-electron chi connectivity index (χ4n) is 7.42. The van der Waals surface area contributed by atoms with Gasteiger partial charge in [0.05, 0.1) is 71.0 Å². The van der Waals surface area contributed by atoms with Crippen molar-refractivity contribution in [3.05, 3.63) is 48.5 Å². The van der Waals surface area contributed by atoms with Gasteiger partial charge in [-0.05, 0) is 25.0 Å². The Morgan fingerprint density at radius 1 is 0.380 bits per heavy atom. The van der Waals surface area contributed by atoms with Crippen LogP contribution in [0.2, 0.25) is 0 Å². The van der Waals surface area contributed by atoms with Crippen LogP contribution in [0.25, 0.3) is 77.9 Å². The topological polar surface area (TPSA) is 18.5 Å². The molecule has 0 fully saturated rings. The van der Waals surface area contributed by atoms with Crippen LogP contribution >= 0.6 is 68.0 Å². The minimum atomic E-state index is 0.762. The summed E-state index contributed by atoms with van der Waals surface area (Å²) in [5.74, 6) is 2.20. The van der Waals surface area contributed by atoms with Gasteiger partial charge in [-0.15, -0.1) is 68.0 Å². The Morgan fingerprint density at radius 2 is 0.760 bits per heavy atom. The molecule has 0 atom stereocenters. The van der Waals surface area contributed by atoms with Crippen molar-refractivity contribution in [3.8, 4) is 11.5 Å². The van der Waals surface area contributed by atoms with Crippen LogP contribution in [0.4, 0.5) is 0 Å². The molecule has 3 aromatic carbocycles. The van der Waals surface area contributed by atoms with E-state index >= 15 is 0 Å². The first kappa shape index (κ1) is 33.4. The smallest absolute Gasteiger partial charge is 0.147 e. The van der Waals surface area contributed by atoms with Crippen molar-refractivity contribution in [3.63, 3.8) is 0 Å². The highest BCUT2D eigenvalue weighted by atomic mass is 32.1. The lowest BCUT2D eigenvalue weighted by atomic mass is 10.1. The Kier molecular flexibility index (Phi) is 9.69. The molecule has 9 rings (SSSR count). The van der Waals surface area contributed by atoms with Gasteiger partial charge in [-0.25, -0.2) is 0 Å². The summed E-state index contributed by atoms with van der Waals surface area (Å²) >= 11 is 11.7. The molecule has 0 amide bonds. The van der Waals surface area contributed by atoms with E-state index in [9.17, 15) is 0 Å². The molecule has 9 aromatic rings. The minimum Gasteiger partial charge on any atom is -0.491 e. The van der Waals surface area contributed by atoms with Crippen LogP contribution < -0.4 is 9.47 Å². The molecule has 258 valence electrons. The van der Waals surface area contributed by atoms with Crippen LogP contribution in [0.15, 0.2) is 48.5 Å². The third kappa shape index (κ3) is 5.73. The van der Waals surface area contributed by atoms with Gasteiger partial charge < -0.3 is 9.47 Å². The molecule has 0 unspecified atom stereocenters.